The highest BCUT2D eigenvalue weighted by molar-refractivity contribution is 6.64. The molecule has 0 saturated heterocycles. The van der Waals surface area contributed by atoms with Gasteiger partial charge in [0.25, 0.3) is 0 Å². The minimum Gasteiger partial charge on any atom is -0.387 e. The minimum absolute atomic E-state index is 0.191. The van der Waals surface area contributed by atoms with E-state index in [4.69, 9.17) is 46.4 Å². The smallest absolute Gasteiger partial charge is 0.179 e. The van der Waals surface area contributed by atoms with E-state index in [0.717, 1.165) is 0 Å². The van der Waals surface area contributed by atoms with Gasteiger partial charge in [0, 0.05) is 6.42 Å². The fourth-order valence-corrected chi connectivity index (χ4v) is 2.14. The third-order valence-corrected chi connectivity index (χ3v) is 4.38. The SMILES string of the molecule is CC1(O)CC(Cl)(Cl)C1(Cl)Cl. The Morgan fingerprint density at radius 3 is 1.60 bits per heavy atom. The molecule has 1 atom stereocenters. The Bertz CT molecular complexity index is 147. The maximum absolute atomic E-state index is 9.34. The van der Waals surface area contributed by atoms with Crippen LogP contribution in [0.4, 0.5) is 0 Å². The van der Waals surface area contributed by atoms with Crippen molar-refractivity contribution in [1.29, 1.82) is 0 Å². The number of hydrogen-bond acceptors (Lipinski definition) is 1. The van der Waals surface area contributed by atoms with Crippen molar-refractivity contribution in [3.8, 4) is 0 Å². The Labute approximate surface area is 79.2 Å². The summed E-state index contributed by atoms with van der Waals surface area (Å²) in [4.78, 5) is 0. The number of alkyl halides is 4. The normalized spacial score (nSPS) is 42.6. The van der Waals surface area contributed by atoms with Crippen LogP contribution in [0.5, 0.6) is 0 Å². The molecular weight excluding hydrogens is 218 g/mol. The van der Waals surface area contributed by atoms with Gasteiger partial charge in [-0.15, -0.1) is 0 Å². The van der Waals surface area contributed by atoms with Crippen LogP contribution >= 0.6 is 46.4 Å². The zero-order chi connectivity index (χ0) is 8.21. The zero-order valence-electron chi connectivity index (χ0n) is 5.17. The lowest BCUT2D eigenvalue weighted by Crippen LogP contribution is -2.67. The first-order chi connectivity index (χ1) is 4.21. The Morgan fingerprint density at radius 2 is 1.60 bits per heavy atom. The second-order valence-electron chi connectivity index (χ2n) is 2.73. The highest BCUT2D eigenvalue weighted by Gasteiger charge is 2.70. The summed E-state index contributed by atoms with van der Waals surface area (Å²) in [5.74, 6) is 0. The third-order valence-electron chi connectivity index (χ3n) is 1.70. The van der Waals surface area contributed by atoms with E-state index in [2.05, 4.69) is 0 Å². The molecule has 0 spiro atoms. The first kappa shape index (κ1) is 9.21. The molecule has 0 aromatic carbocycles. The molecule has 1 aliphatic rings. The van der Waals surface area contributed by atoms with Crippen molar-refractivity contribution < 1.29 is 5.11 Å². The largest absolute Gasteiger partial charge is 0.387 e. The number of hydrogen-bond donors (Lipinski definition) is 1. The summed E-state index contributed by atoms with van der Waals surface area (Å²) in [5.41, 5.74) is -1.18. The summed E-state index contributed by atoms with van der Waals surface area (Å²) < 4.78 is -2.68. The summed E-state index contributed by atoms with van der Waals surface area (Å²) in [6.45, 7) is 1.50. The minimum atomic E-state index is -1.46. The quantitative estimate of drug-likeness (QED) is 0.626. The lowest BCUT2D eigenvalue weighted by atomic mass is 9.79. The van der Waals surface area contributed by atoms with Gasteiger partial charge < -0.3 is 5.11 Å². The maximum Gasteiger partial charge on any atom is 0.179 e. The molecule has 1 saturated carbocycles. The Morgan fingerprint density at radius 1 is 1.20 bits per heavy atom. The van der Waals surface area contributed by atoms with Gasteiger partial charge in [-0.25, -0.2) is 0 Å². The zero-order valence-corrected chi connectivity index (χ0v) is 8.19. The van der Waals surface area contributed by atoms with Crippen LogP contribution in [-0.4, -0.2) is 19.4 Å². The molecule has 1 nitrogen and oxygen atoms in total. The van der Waals surface area contributed by atoms with Gasteiger partial charge in [0.2, 0.25) is 0 Å². The molecular formula is C5H6Cl4O. The summed E-state index contributed by atoms with van der Waals surface area (Å²) in [6, 6.07) is 0. The Kier molecular flexibility index (Phi) is 1.92. The van der Waals surface area contributed by atoms with Crippen LogP contribution in [0.1, 0.15) is 13.3 Å². The second kappa shape index (κ2) is 2.08. The maximum atomic E-state index is 9.34. The molecule has 1 fully saturated rings. The van der Waals surface area contributed by atoms with Crippen molar-refractivity contribution in [3.63, 3.8) is 0 Å². The Hall–Kier alpha value is 1.12. The van der Waals surface area contributed by atoms with E-state index in [9.17, 15) is 5.11 Å². The molecule has 10 heavy (non-hydrogen) atoms. The highest BCUT2D eigenvalue weighted by atomic mass is 35.5. The fourth-order valence-electron chi connectivity index (χ4n) is 0.942. The van der Waals surface area contributed by atoms with Crippen LogP contribution < -0.4 is 0 Å². The summed E-state index contributed by atoms with van der Waals surface area (Å²) in [6.07, 6.45) is 0.191. The van der Waals surface area contributed by atoms with Crippen LogP contribution in [0.2, 0.25) is 0 Å². The molecule has 5 heteroatoms. The monoisotopic (exact) mass is 222 g/mol. The van der Waals surface area contributed by atoms with Crippen molar-refractivity contribution in [2.24, 2.45) is 0 Å². The summed E-state index contributed by atoms with van der Waals surface area (Å²) >= 11 is 22.5. The number of halogens is 4. The van der Waals surface area contributed by atoms with E-state index in [0.29, 0.717) is 0 Å². The van der Waals surface area contributed by atoms with E-state index in [1.165, 1.54) is 6.92 Å². The van der Waals surface area contributed by atoms with Crippen molar-refractivity contribution in [2.45, 2.75) is 27.6 Å². The van der Waals surface area contributed by atoms with E-state index < -0.39 is 14.3 Å². The molecule has 60 valence electrons. The summed E-state index contributed by atoms with van der Waals surface area (Å²) in [5, 5.41) is 9.34. The van der Waals surface area contributed by atoms with Crippen LogP contribution in [0, 0.1) is 0 Å². The molecule has 0 aromatic heterocycles. The predicted molar refractivity (Wildman–Crippen MR) is 44.1 cm³/mol. The average Bonchev–Trinajstić information content (AvgIpc) is 1.61. The van der Waals surface area contributed by atoms with E-state index in [1.807, 2.05) is 0 Å². The lowest BCUT2D eigenvalue weighted by Gasteiger charge is -2.54. The van der Waals surface area contributed by atoms with Gasteiger partial charge in [-0.3, -0.25) is 0 Å². The van der Waals surface area contributed by atoms with Crippen LogP contribution in [-0.2, 0) is 0 Å². The van der Waals surface area contributed by atoms with Crippen molar-refractivity contribution in [2.75, 3.05) is 0 Å². The van der Waals surface area contributed by atoms with Gasteiger partial charge in [-0.05, 0) is 6.92 Å². The summed E-state index contributed by atoms with van der Waals surface area (Å²) in [7, 11) is 0. The average molecular weight is 224 g/mol. The second-order valence-corrected chi connectivity index (χ2v) is 5.54. The first-order valence-corrected chi connectivity index (χ1v) is 4.20. The van der Waals surface area contributed by atoms with Crippen LogP contribution in [0.3, 0.4) is 0 Å². The molecule has 0 bridgehead atoms. The van der Waals surface area contributed by atoms with E-state index in [-0.39, 0.29) is 6.42 Å². The lowest BCUT2D eigenvalue weighted by molar-refractivity contribution is -0.0335. The molecule has 0 radical (unpaired) electrons. The Balaban J connectivity index is 2.85. The molecule has 0 amide bonds. The van der Waals surface area contributed by atoms with Gasteiger partial charge in [0.05, 0.1) is 0 Å². The molecule has 1 unspecified atom stereocenters. The number of aliphatic hydroxyl groups is 1. The standard InChI is InChI=1S/C5H6Cl4O/c1-3(10)2-4(6,7)5(3,8)9/h10H,2H2,1H3. The van der Waals surface area contributed by atoms with E-state index in [1.54, 1.807) is 0 Å². The first-order valence-electron chi connectivity index (χ1n) is 2.69. The third kappa shape index (κ3) is 0.953. The number of rotatable bonds is 0. The van der Waals surface area contributed by atoms with Crippen molar-refractivity contribution in [1.82, 2.24) is 0 Å². The van der Waals surface area contributed by atoms with Crippen molar-refractivity contribution >= 4 is 46.4 Å². The van der Waals surface area contributed by atoms with Gasteiger partial charge >= 0.3 is 0 Å². The molecule has 0 heterocycles. The fraction of sp³-hybridized carbons (Fsp3) is 1.00. The molecule has 0 aromatic rings. The van der Waals surface area contributed by atoms with Gasteiger partial charge in [0.1, 0.15) is 5.60 Å². The van der Waals surface area contributed by atoms with Crippen LogP contribution in [0.25, 0.3) is 0 Å². The van der Waals surface area contributed by atoms with Gasteiger partial charge in [0.15, 0.2) is 8.67 Å². The molecule has 1 N–H and O–H groups in total. The predicted octanol–water partition coefficient (Wildman–Crippen LogP) is 2.49. The molecule has 1 rings (SSSR count). The highest BCUT2D eigenvalue weighted by Crippen LogP contribution is 2.63. The topological polar surface area (TPSA) is 20.2 Å². The van der Waals surface area contributed by atoms with Gasteiger partial charge in [-0.1, -0.05) is 46.4 Å². The van der Waals surface area contributed by atoms with E-state index >= 15 is 0 Å². The van der Waals surface area contributed by atoms with Gasteiger partial charge in [-0.2, -0.15) is 0 Å². The molecule has 0 aliphatic heterocycles. The molecule has 1 aliphatic carbocycles. The van der Waals surface area contributed by atoms with Crippen LogP contribution in [0.15, 0.2) is 0 Å². The van der Waals surface area contributed by atoms with Crippen molar-refractivity contribution in [3.05, 3.63) is 0 Å².